The molecule has 9 heavy (non-hydrogen) atoms. The molecule has 0 aromatic carbocycles. The van der Waals surface area contributed by atoms with E-state index in [1.807, 2.05) is 0 Å². The highest BCUT2D eigenvalue weighted by Gasteiger charge is 1.84. The van der Waals surface area contributed by atoms with Crippen LogP contribution in [-0.4, -0.2) is 19.8 Å². The first-order valence-electron chi connectivity index (χ1n) is 3.68. The molecule has 0 saturated carbocycles. The van der Waals surface area contributed by atoms with Crippen LogP contribution in [0, 0.1) is 0 Å². The summed E-state index contributed by atoms with van der Waals surface area (Å²) < 4.78 is 11.5. The Morgan fingerprint density at radius 1 is 1.22 bits per heavy atom. The van der Waals surface area contributed by atoms with Gasteiger partial charge in [-0.3, -0.25) is 4.39 Å². The molecule has 0 aromatic heterocycles. The molecule has 1 N–H and O–H groups in total. The van der Waals surface area contributed by atoms with E-state index in [4.69, 9.17) is 0 Å². The Hall–Kier alpha value is -0.110. The molecule has 0 unspecified atom stereocenters. The molecule has 0 heterocycles. The van der Waals surface area contributed by atoms with Gasteiger partial charge < -0.3 is 5.32 Å². The zero-order chi connectivity index (χ0) is 6.95. The molecule has 0 amide bonds. The summed E-state index contributed by atoms with van der Waals surface area (Å²) in [5, 5.41) is 3.15. The standard InChI is InChI=1S/C7H16FN/c1-2-3-6-9-7-4-5-8/h9H,2-7H2,1H3. The van der Waals surface area contributed by atoms with Gasteiger partial charge in [0.25, 0.3) is 0 Å². The van der Waals surface area contributed by atoms with Crippen molar-refractivity contribution in [2.75, 3.05) is 19.8 Å². The van der Waals surface area contributed by atoms with E-state index in [2.05, 4.69) is 12.2 Å². The molecule has 0 saturated heterocycles. The van der Waals surface area contributed by atoms with Crippen molar-refractivity contribution in [2.24, 2.45) is 0 Å². The van der Waals surface area contributed by atoms with E-state index in [0.717, 1.165) is 13.1 Å². The van der Waals surface area contributed by atoms with Crippen LogP contribution in [0.25, 0.3) is 0 Å². The van der Waals surface area contributed by atoms with Crippen molar-refractivity contribution in [3.05, 3.63) is 0 Å². The minimum atomic E-state index is -0.195. The Morgan fingerprint density at radius 2 is 1.89 bits per heavy atom. The fourth-order valence-electron chi connectivity index (χ4n) is 0.619. The summed E-state index contributed by atoms with van der Waals surface area (Å²) >= 11 is 0. The Bertz CT molecular complexity index is 42.2. The molecule has 0 aliphatic carbocycles. The number of nitrogens with one attached hydrogen (secondary N) is 1. The Morgan fingerprint density at radius 3 is 2.44 bits per heavy atom. The van der Waals surface area contributed by atoms with Crippen LogP contribution in [0.4, 0.5) is 4.39 Å². The number of unbranched alkanes of at least 4 members (excludes halogenated alkanes) is 1. The molecule has 0 rings (SSSR count). The van der Waals surface area contributed by atoms with Crippen molar-refractivity contribution in [1.29, 1.82) is 0 Å². The van der Waals surface area contributed by atoms with E-state index in [-0.39, 0.29) is 6.67 Å². The maximum Gasteiger partial charge on any atom is 0.0906 e. The molecule has 2 heteroatoms. The molecule has 0 spiro atoms. The Kier molecular flexibility index (Phi) is 7.79. The van der Waals surface area contributed by atoms with Gasteiger partial charge in [0, 0.05) is 0 Å². The Labute approximate surface area is 56.6 Å². The normalized spacial score (nSPS) is 10.0. The lowest BCUT2D eigenvalue weighted by molar-refractivity contribution is 0.458. The summed E-state index contributed by atoms with van der Waals surface area (Å²) in [7, 11) is 0. The maximum absolute atomic E-state index is 11.5. The van der Waals surface area contributed by atoms with Crippen molar-refractivity contribution in [3.8, 4) is 0 Å². The van der Waals surface area contributed by atoms with Crippen LogP contribution in [0.3, 0.4) is 0 Å². The predicted octanol–water partition coefficient (Wildman–Crippen LogP) is 1.74. The van der Waals surface area contributed by atoms with E-state index in [1.54, 1.807) is 0 Å². The van der Waals surface area contributed by atoms with Gasteiger partial charge >= 0.3 is 0 Å². The Balaban J connectivity index is 2.60. The van der Waals surface area contributed by atoms with Crippen molar-refractivity contribution in [3.63, 3.8) is 0 Å². The lowest BCUT2D eigenvalue weighted by atomic mass is 10.3. The number of hydrogen-bond donors (Lipinski definition) is 1. The number of halogens is 1. The monoisotopic (exact) mass is 133 g/mol. The van der Waals surface area contributed by atoms with Gasteiger partial charge in [0.15, 0.2) is 0 Å². The molecule has 0 fully saturated rings. The smallest absolute Gasteiger partial charge is 0.0906 e. The van der Waals surface area contributed by atoms with Crippen molar-refractivity contribution in [1.82, 2.24) is 5.32 Å². The van der Waals surface area contributed by atoms with Gasteiger partial charge in [-0.25, -0.2) is 0 Å². The van der Waals surface area contributed by atoms with Gasteiger partial charge in [0.05, 0.1) is 6.67 Å². The number of rotatable bonds is 6. The summed E-state index contributed by atoms with van der Waals surface area (Å²) in [4.78, 5) is 0. The van der Waals surface area contributed by atoms with Gasteiger partial charge in [0.1, 0.15) is 0 Å². The second-order valence-corrected chi connectivity index (χ2v) is 2.15. The fraction of sp³-hybridized carbons (Fsp3) is 1.00. The third-order valence-corrected chi connectivity index (χ3v) is 1.19. The van der Waals surface area contributed by atoms with Gasteiger partial charge in [0.2, 0.25) is 0 Å². The largest absolute Gasteiger partial charge is 0.317 e. The quantitative estimate of drug-likeness (QED) is 0.544. The van der Waals surface area contributed by atoms with Gasteiger partial charge in [-0.05, 0) is 25.9 Å². The van der Waals surface area contributed by atoms with Gasteiger partial charge in [-0.2, -0.15) is 0 Å². The minimum Gasteiger partial charge on any atom is -0.317 e. The molecular formula is C7H16FN. The minimum absolute atomic E-state index is 0.195. The second kappa shape index (κ2) is 7.89. The first-order valence-corrected chi connectivity index (χ1v) is 3.68. The highest BCUT2D eigenvalue weighted by atomic mass is 19.1. The molecule has 0 aliphatic heterocycles. The van der Waals surface area contributed by atoms with E-state index in [1.165, 1.54) is 12.8 Å². The van der Waals surface area contributed by atoms with Crippen LogP contribution < -0.4 is 5.32 Å². The van der Waals surface area contributed by atoms with E-state index in [9.17, 15) is 4.39 Å². The lowest BCUT2D eigenvalue weighted by Crippen LogP contribution is -2.16. The molecular weight excluding hydrogens is 117 g/mol. The first-order chi connectivity index (χ1) is 4.41. The van der Waals surface area contributed by atoms with Gasteiger partial charge in [-0.15, -0.1) is 0 Å². The first kappa shape index (κ1) is 8.89. The summed E-state index contributed by atoms with van der Waals surface area (Å²) in [6.07, 6.45) is 3.07. The molecule has 0 radical (unpaired) electrons. The summed E-state index contributed by atoms with van der Waals surface area (Å²) in [6, 6.07) is 0. The topological polar surface area (TPSA) is 12.0 Å². The average Bonchev–Trinajstić information content (AvgIpc) is 1.89. The van der Waals surface area contributed by atoms with Crippen LogP contribution in [0.15, 0.2) is 0 Å². The highest BCUT2D eigenvalue weighted by Crippen LogP contribution is 1.83. The van der Waals surface area contributed by atoms with Crippen molar-refractivity contribution >= 4 is 0 Å². The maximum atomic E-state index is 11.5. The van der Waals surface area contributed by atoms with Crippen molar-refractivity contribution < 1.29 is 4.39 Å². The van der Waals surface area contributed by atoms with E-state index in [0.29, 0.717) is 6.42 Å². The molecule has 1 nitrogen and oxygen atoms in total. The van der Waals surface area contributed by atoms with Crippen LogP contribution in [0.1, 0.15) is 26.2 Å². The summed E-state index contributed by atoms with van der Waals surface area (Å²) in [5.74, 6) is 0. The number of alkyl halides is 1. The SMILES string of the molecule is CCCCNCCCF. The molecule has 0 aliphatic rings. The summed E-state index contributed by atoms with van der Waals surface area (Å²) in [5.41, 5.74) is 0. The van der Waals surface area contributed by atoms with Crippen molar-refractivity contribution in [2.45, 2.75) is 26.2 Å². The van der Waals surface area contributed by atoms with Crippen LogP contribution in [-0.2, 0) is 0 Å². The van der Waals surface area contributed by atoms with E-state index >= 15 is 0 Å². The average molecular weight is 133 g/mol. The zero-order valence-electron chi connectivity index (χ0n) is 6.12. The predicted molar refractivity (Wildman–Crippen MR) is 38.4 cm³/mol. The zero-order valence-corrected chi connectivity index (χ0v) is 6.12. The third-order valence-electron chi connectivity index (χ3n) is 1.19. The molecule has 56 valence electrons. The third kappa shape index (κ3) is 7.89. The van der Waals surface area contributed by atoms with Crippen LogP contribution in [0.5, 0.6) is 0 Å². The highest BCUT2D eigenvalue weighted by molar-refractivity contribution is 4.45. The second-order valence-electron chi connectivity index (χ2n) is 2.15. The molecule has 0 bridgehead atoms. The fourth-order valence-corrected chi connectivity index (χ4v) is 0.619. The molecule has 0 atom stereocenters. The lowest BCUT2D eigenvalue weighted by Gasteiger charge is -1.99. The molecule has 0 aromatic rings. The van der Waals surface area contributed by atoms with Crippen LogP contribution >= 0.6 is 0 Å². The van der Waals surface area contributed by atoms with Gasteiger partial charge in [-0.1, -0.05) is 13.3 Å². The number of hydrogen-bond acceptors (Lipinski definition) is 1. The van der Waals surface area contributed by atoms with Crippen LogP contribution in [0.2, 0.25) is 0 Å². The summed E-state index contributed by atoms with van der Waals surface area (Å²) in [6.45, 7) is 3.82. The van der Waals surface area contributed by atoms with E-state index < -0.39 is 0 Å².